The second kappa shape index (κ2) is 9.44. The fraction of sp³-hybridized carbons (Fsp3) is 0.143. The van der Waals surface area contributed by atoms with Crippen molar-refractivity contribution < 1.29 is 0 Å². The normalized spacial score (nSPS) is 10.1. The van der Waals surface area contributed by atoms with Crippen molar-refractivity contribution in [2.75, 3.05) is 5.32 Å². The highest BCUT2D eigenvalue weighted by Gasteiger charge is 2.06. The van der Waals surface area contributed by atoms with Crippen LogP contribution in [0.4, 0.5) is 5.82 Å². The fourth-order valence-electron chi connectivity index (χ4n) is 2.80. The van der Waals surface area contributed by atoms with Crippen LogP contribution in [0.1, 0.15) is 16.8 Å². The lowest BCUT2D eigenvalue weighted by atomic mass is 10.1. The number of anilines is 1. The van der Waals surface area contributed by atoms with Gasteiger partial charge >= 0.3 is 0 Å². The molecule has 2 aromatic carbocycles. The summed E-state index contributed by atoms with van der Waals surface area (Å²) in [4.78, 5) is 0. The number of halogens is 2. The topological polar surface area (TPSA) is 69.4 Å². The smallest absolute Gasteiger partial charge is 0.148 e. The van der Waals surface area contributed by atoms with Crippen molar-refractivity contribution in [2.45, 2.75) is 20.4 Å². The zero-order chi connectivity index (χ0) is 17.9. The molecule has 0 unspecified atom stereocenters. The highest BCUT2D eigenvalue weighted by molar-refractivity contribution is 5.85. The van der Waals surface area contributed by atoms with Gasteiger partial charge in [0.1, 0.15) is 5.82 Å². The number of aromatic nitrogens is 4. The average molecular weight is 416 g/mol. The van der Waals surface area contributed by atoms with Crippen LogP contribution in [0.25, 0.3) is 22.5 Å². The average Bonchev–Trinajstić information content (AvgIpc) is 3.31. The second-order valence-corrected chi connectivity index (χ2v) is 6.53. The Labute approximate surface area is 176 Å². The van der Waals surface area contributed by atoms with Crippen LogP contribution < -0.4 is 5.32 Å². The number of benzene rings is 2. The Morgan fingerprint density at radius 2 is 1.36 bits per heavy atom. The monoisotopic (exact) mass is 415 g/mol. The zero-order valence-corrected chi connectivity index (χ0v) is 17.3. The largest absolute Gasteiger partial charge is 0.363 e. The maximum Gasteiger partial charge on any atom is 0.148 e. The van der Waals surface area contributed by atoms with Crippen molar-refractivity contribution in [1.29, 1.82) is 0 Å². The summed E-state index contributed by atoms with van der Waals surface area (Å²) in [6, 6.07) is 20.8. The molecule has 0 bridgehead atoms. The molecular weight excluding hydrogens is 393 g/mol. The standard InChI is InChI=1S/C21H21N5.2ClH/c1-14-3-7-16(8-4-14)19-11-18(23-24-19)13-22-21-12-20(25-26-21)17-9-5-15(2)6-10-17;;/h3-12H,13H2,1-2H3,(H,23,24)(H2,22,25,26);2*1H. The predicted molar refractivity (Wildman–Crippen MR) is 119 cm³/mol. The van der Waals surface area contributed by atoms with E-state index in [-0.39, 0.29) is 24.8 Å². The molecule has 0 aliphatic carbocycles. The van der Waals surface area contributed by atoms with Crippen LogP contribution >= 0.6 is 24.8 Å². The minimum atomic E-state index is 0. The third kappa shape index (κ3) is 4.94. The van der Waals surface area contributed by atoms with E-state index in [0.717, 1.165) is 34.0 Å². The number of nitrogens with one attached hydrogen (secondary N) is 3. The molecule has 146 valence electrons. The molecule has 3 N–H and O–H groups in total. The van der Waals surface area contributed by atoms with E-state index in [1.54, 1.807) is 0 Å². The van der Waals surface area contributed by atoms with E-state index in [1.807, 2.05) is 6.07 Å². The number of hydrogen-bond acceptors (Lipinski definition) is 3. The van der Waals surface area contributed by atoms with Crippen molar-refractivity contribution >= 4 is 30.6 Å². The maximum absolute atomic E-state index is 4.40. The first kappa shape index (κ1) is 21.5. The number of rotatable bonds is 5. The molecule has 0 saturated carbocycles. The van der Waals surface area contributed by atoms with Crippen LogP contribution in [0.5, 0.6) is 0 Å². The van der Waals surface area contributed by atoms with Gasteiger partial charge in [-0.25, -0.2) is 0 Å². The Hall–Kier alpha value is -2.76. The number of H-pyrrole nitrogens is 2. The molecule has 0 radical (unpaired) electrons. The van der Waals surface area contributed by atoms with Crippen molar-refractivity contribution in [3.63, 3.8) is 0 Å². The van der Waals surface area contributed by atoms with Crippen LogP contribution in [0, 0.1) is 13.8 Å². The molecule has 0 amide bonds. The molecule has 0 saturated heterocycles. The summed E-state index contributed by atoms with van der Waals surface area (Å²) in [5, 5.41) is 18.2. The number of aromatic amines is 2. The number of nitrogens with zero attached hydrogens (tertiary/aromatic N) is 2. The van der Waals surface area contributed by atoms with Gasteiger partial charge in [-0.1, -0.05) is 59.7 Å². The minimum absolute atomic E-state index is 0. The molecular formula is C21H23Cl2N5. The molecule has 2 heterocycles. The quantitative estimate of drug-likeness (QED) is 0.400. The van der Waals surface area contributed by atoms with Gasteiger partial charge in [0.2, 0.25) is 0 Å². The summed E-state index contributed by atoms with van der Waals surface area (Å²) in [6.45, 7) is 4.80. The summed E-state index contributed by atoms with van der Waals surface area (Å²) in [6.07, 6.45) is 0. The van der Waals surface area contributed by atoms with E-state index in [1.165, 1.54) is 11.1 Å². The van der Waals surface area contributed by atoms with Gasteiger partial charge < -0.3 is 5.32 Å². The van der Waals surface area contributed by atoms with Gasteiger partial charge in [0, 0.05) is 11.6 Å². The van der Waals surface area contributed by atoms with Gasteiger partial charge in [-0.2, -0.15) is 10.2 Å². The SMILES string of the molecule is Cc1ccc(-c2cc(CNc3cc(-c4ccc(C)cc4)[nH]n3)[nH]n2)cc1.Cl.Cl. The maximum atomic E-state index is 4.40. The lowest BCUT2D eigenvalue weighted by molar-refractivity contribution is 0.969. The second-order valence-electron chi connectivity index (χ2n) is 6.53. The van der Waals surface area contributed by atoms with Crippen molar-refractivity contribution in [3.8, 4) is 22.5 Å². The van der Waals surface area contributed by atoms with Gasteiger partial charge in [-0.05, 0) is 25.5 Å². The molecule has 0 spiro atoms. The molecule has 4 rings (SSSR count). The van der Waals surface area contributed by atoms with Crippen molar-refractivity contribution in [3.05, 3.63) is 77.5 Å². The highest BCUT2D eigenvalue weighted by Crippen LogP contribution is 2.21. The predicted octanol–water partition coefficient (Wildman–Crippen LogP) is 5.54. The minimum Gasteiger partial charge on any atom is -0.363 e. The first-order valence-electron chi connectivity index (χ1n) is 8.65. The van der Waals surface area contributed by atoms with E-state index < -0.39 is 0 Å². The van der Waals surface area contributed by atoms with E-state index in [2.05, 4.69) is 94.2 Å². The van der Waals surface area contributed by atoms with Gasteiger partial charge in [0.15, 0.2) is 0 Å². The van der Waals surface area contributed by atoms with Crippen molar-refractivity contribution in [1.82, 2.24) is 20.4 Å². The van der Waals surface area contributed by atoms with E-state index >= 15 is 0 Å². The summed E-state index contributed by atoms with van der Waals surface area (Å²) < 4.78 is 0. The van der Waals surface area contributed by atoms with E-state index in [9.17, 15) is 0 Å². The van der Waals surface area contributed by atoms with Crippen molar-refractivity contribution in [2.24, 2.45) is 0 Å². The molecule has 4 aromatic rings. The summed E-state index contributed by atoms with van der Waals surface area (Å²) in [7, 11) is 0. The van der Waals surface area contributed by atoms with Gasteiger partial charge in [0.25, 0.3) is 0 Å². The molecule has 2 aromatic heterocycles. The van der Waals surface area contributed by atoms with Crippen LogP contribution in [-0.4, -0.2) is 20.4 Å². The molecule has 0 fully saturated rings. The zero-order valence-electron chi connectivity index (χ0n) is 15.7. The lowest BCUT2D eigenvalue weighted by Gasteiger charge is -1.99. The lowest BCUT2D eigenvalue weighted by Crippen LogP contribution is -1.99. The summed E-state index contributed by atoms with van der Waals surface area (Å²) in [5.41, 5.74) is 7.69. The molecule has 0 aliphatic heterocycles. The van der Waals surface area contributed by atoms with Crippen LogP contribution in [0.3, 0.4) is 0 Å². The molecule has 0 atom stereocenters. The van der Waals surface area contributed by atoms with Crippen LogP contribution in [0.15, 0.2) is 60.7 Å². The van der Waals surface area contributed by atoms with E-state index in [0.29, 0.717) is 6.54 Å². The summed E-state index contributed by atoms with van der Waals surface area (Å²) in [5.74, 6) is 0.812. The number of aryl methyl sites for hydroxylation is 2. The van der Waals surface area contributed by atoms with Gasteiger partial charge in [-0.15, -0.1) is 24.8 Å². The first-order valence-corrected chi connectivity index (χ1v) is 8.65. The Morgan fingerprint density at radius 3 is 2.00 bits per heavy atom. The van der Waals surface area contributed by atoms with Gasteiger partial charge in [-0.3, -0.25) is 10.2 Å². The Morgan fingerprint density at radius 1 is 0.750 bits per heavy atom. The molecule has 5 nitrogen and oxygen atoms in total. The summed E-state index contributed by atoms with van der Waals surface area (Å²) >= 11 is 0. The Balaban J connectivity index is 0.00000140. The Bertz CT molecular complexity index is 920. The molecule has 7 heteroatoms. The third-order valence-corrected chi connectivity index (χ3v) is 4.38. The van der Waals surface area contributed by atoms with Crippen LogP contribution in [-0.2, 0) is 6.54 Å². The number of hydrogen-bond donors (Lipinski definition) is 3. The molecule has 28 heavy (non-hydrogen) atoms. The fourth-order valence-corrected chi connectivity index (χ4v) is 2.80. The van der Waals surface area contributed by atoms with Crippen LogP contribution in [0.2, 0.25) is 0 Å². The van der Waals surface area contributed by atoms with Gasteiger partial charge in [0.05, 0.1) is 23.6 Å². The third-order valence-electron chi connectivity index (χ3n) is 4.38. The highest BCUT2D eigenvalue weighted by atomic mass is 35.5. The Kier molecular flexibility index (Phi) is 7.26. The first-order chi connectivity index (χ1) is 12.7. The van der Waals surface area contributed by atoms with E-state index in [4.69, 9.17) is 0 Å². The molecule has 0 aliphatic rings.